The first-order chi connectivity index (χ1) is 17.0. The smallest absolute Gasteiger partial charge is 0.292 e. The number of nitrogens with zero attached hydrogens (tertiary/aromatic N) is 2. The summed E-state index contributed by atoms with van der Waals surface area (Å²) in [6, 6.07) is 11.7. The molecule has 2 N–H and O–H groups in total. The van der Waals surface area contributed by atoms with Gasteiger partial charge in [0.1, 0.15) is 11.9 Å². The minimum absolute atomic E-state index is 0.219. The topological polar surface area (TPSA) is 82.1 Å². The Kier molecular flexibility index (Phi) is 7.27. The maximum absolute atomic E-state index is 13.0. The number of aliphatic hydroxyl groups excluding tert-OH is 1. The monoisotopic (exact) mass is 497 g/mol. The molecular weight excluding hydrogens is 466 g/mol. The van der Waals surface area contributed by atoms with Gasteiger partial charge in [-0.1, -0.05) is 17.7 Å². The third-order valence-electron chi connectivity index (χ3n) is 7.02. The summed E-state index contributed by atoms with van der Waals surface area (Å²) in [5, 5.41) is 14.5. The molecule has 2 saturated heterocycles. The molecule has 2 heterocycles. The molecule has 7 nitrogen and oxygen atoms in total. The number of aliphatic hydroxyl groups is 1. The van der Waals surface area contributed by atoms with Crippen molar-refractivity contribution in [1.29, 1.82) is 0 Å². The molecule has 2 aromatic rings. The molecule has 5 rings (SSSR count). The zero-order valence-corrected chi connectivity index (χ0v) is 20.5. The number of hydrogen-bond donors (Lipinski definition) is 2. The molecule has 1 amide bonds. The number of carbonyl (C=O) groups excluding carboxylic acids is 2. The summed E-state index contributed by atoms with van der Waals surface area (Å²) in [6.45, 7) is 4.29. The Balaban J connectivity index is 1.28. The number of nitrogens with one attached hydrogen (secondary N) is 1. The number of rotatable bonds is 10. The maximum atomic E-state index is 13.0. The van der Waals surface area contributed by atoms with E-state index in [-0.39, 0.29) is 6.10 Å². The fourth-order valence-electron chi connectivity index (χ4n) is 4.63. The van der Waals surface area contributed by atoms with Gasteiger partial charge in [0.25, 0.3) is 5.91 Å². The van der Waals surface area contributed by atoms with Crippen LogP contribution in [-0.4, -0.2) is 66.6 Å². The molecule has 0 bridgehead atoms. The number of ketones is 1. The van der Waals surface area contributed by atoms with Crippen molar-refractivity contribution in [3.05, 3.63) is 58.6 Å². The van der Waals surface area contributed by atoms with Crippen LogP contribution < -0.4 is 15.0 Å². The van der Waals surface area contributed by atoms with Gasteiger partial charge in [0.05, 0.1) is 17.2 Å². The lowest BCUT2D eigenvalue weighted by Gasteiger charge is -2.33. The zero-order chi connectivity index (χ0) is 24.4. The standard InChI is InChI=1S/C27H32ClN3O4/c28-22-16-19(6-11-24(22)35-21-9-10-21)25(32)23(17-30-12-1-2-13-30)29-27(34)26(33)18-4-7-20(8-5-18)31-14-3-15-31/h4-8,11,16,21,23,25,32H,1-3,9-10,12-15,17H2,(H,29,34). The molecule has 2 atom stereocenters. The van der Waals surface area contributed by atoms with Crippen molar-refractivity contribution < 1.29 is 19.4 Å². The van der Waals surface area contributed by atoms with Crippen LogP contribution in [0.25, 0.3) is 0 Å². The minimum atomic E-state index is -1.02. The van der Waals surface area contributed by atoms with Crippen molar-refractivity contribution in [2.24, 2.45) is 0 Å². The lowest BCUT2D eigenvalue weighted by molar-refractivity contribution is -0.118. The Hall–Kier alpha value is -2.61. The largest absolute Gasteiger partial charge is 0.489 e. The predicted octanol–water partition coefficient (Wildman–Crippen LogP) is 3.59. The van der Waals surface area contributed by atoms with Crippen LogP contribution in [0.4, 0.5) is 5.69 Å². The van der Waals surface area contributed by atoms with Crippen molar-refractivity contribution in [3.63, 3.8) is 0 Å². The fourth-order valence-corrected chi connectivity index (χ4v) is 4.86. The summed E-state index contributed by atoms with van der Waals surface area (Å²) in [5.74, 6) is -0.725. The van der Waals surface area contributed by atoms with Crippen LogP contribution >= 0.6 is 11.6 Å². The Labute approximate surface area is 211 Å². The Morgan fingerprint density at radius 1 is 1.03 bits per heavy atom. The van der Waals surface area contributed by atoms with Crippen LogP contribution in [0, 0.1) is 0 Å². The van der Waals surface area contributed by atoms with Gasteiger partial charge in [-0.05, 0) is 87.2 Å². The molecule has 2 aliphatic heterocycles. The minimum Gasteiger partial charge on any atom is -0.489 e. The molecule has 1 aliphatic carbocycles. The number of likely N-dealkylation sites (tertiary alicyclic amines) is 1. The summed E-state index contributed by atoms with van der Waals surface area (Å²) in [5.41, 5.74) is 1.97. The van der Waals surface area contributed by atoms with Crippen molar-refractivity contribution in [3.8, 4) is 5.75 Å². The third kappa shape index (κ3) is 5.80. The molecule has 2 aromatic carbocycles. The number of benzene rings is 2. The van der Waals surface area contributed by atoms with Crippen molar-refractivity contribution in [1.82, 2.24) is 10.2 Å². The van der Waals surface area contributed by atoms with E-state index in [1.807, 2.05) is 12.1 Å². The van der Waals surface area contributed by atoms with E-state index in [1.165, 1.54) is 6.42 Å². The van der Waals surface area contributed by atoms with E-state index >= 15 is 0 Å². The number of halogens is 1. The number of amides is 1. The van der Waals surface area contributed by atoms with Gasteiger partial charge < -0.3 is 25.0 Å². The average molecular weight is 498 g/mol. The first-order valence-corrected chi connectivity index (χ1v) is 12.9. The summed E-state index contributed by atoms with van der Waals surface area (Å²) >= 11 is 6.41. The second-order valence-corrected chi connectivity index (χ2v) is 10.2. The van der Waals surface area contributed by atoms with E-state index in [0.717, 1.165) is 57.5 Å². The van der Waals surface area contributed by atoms with Gasteiger partial charge in [-0.15, -0.1) is 0 Å². The predicted molar refractivity (Wildman–Crippen MR) is 135 cm³/mol. The summed E-state index contributed by atoms with van der Waals surface area (Å²) in [7, 11) is 0. The highest BCUT2D eigenvalue weighted by molar-refractivity contribution is 6.42. The van der Waals surface area contributed by atoms with E-state index in [2.05, 4.69) is 15.1 Å². The first kappa shape index (κ1) is 24.1. The van der Waals surface area contributed by atoms with E-state index in [1.54, 1.807) is 30.3 Å². The Morgan fingerprint density at radius 2 is 1.74 bits per heavy atom. The maximum Gasteiger partial charge on any atom is 0.292 e. The van der Waals surface area contributed by atoms with Gasteiger partial charge in [0.2, 0.25) is 5.78 Å². The molecule has 35 heavy (non-hydrogen) atoms. The van der Waals surface area contributed by atoms with E-state index in [4.69, 9.17) is 16.3 Å². The fraction of sp³-hybridized carbons (Fsp3) is 0.481. The van der Waals surface area contributed by atoms with Gasteiger partial charge in [0.15, 0.2) is 0 Å². The van der Waals surface area contributed by atoms with Gasteiger partial charge in [-0.25, -0.2) is 0 Å². The lowest BCUT2D eigenvalue weighted by Crippen LogP contribution is -2.48. The molecule has 0 spiro atoms. The van der Waals surface area contributed by atoms with Gasteiger partial charge in [-0.3, -0.25) is 9.59 Å². The molecule has 186 valence electrons. The number of anilines is 1. The number of Topliss-reactive ketones (excluding diaryl/α,β-unsaturated/α-hetero) is 1. The second-order valence-electron chi connectivity index (χ2n) is 9.76. The van der Waals surface area contributed by atoms with Crippen LogP contribution in [0.3, 0.4) is 0 Å². The van der Waals surface area contributed by atoms with E-state index in [0.29, 0.717) is 28.4 Å². The summed E-state index contributed by atoms with van der Waals surface area (Å²) in [6.07, 6.45) is 4.59. The van der Waals surface area contributed by atoms with Crippen LogP contribution in [0.2, 0.25) is 5.02 Å². The molecule has 1 saturated carbocycles. The number of hydrogen-bond acceptors (Lipinski definition) is 6. The summed E-state index contributed by atoms with van der Waals surface area (Å²) < 4.78 is 5.80. The number of carbonyl (C=O) groups is 2. The zero-order valence-electron chi connectivity index (χ0n) is 19.8. The van der Waals surface area contributed by atoms with Crippen LogP contribution in [0.15, 0.2) is 42.5 Å². The van der Waals surface area contributed by atoms with Crippen molar-refractivity contribution in [2.45, 2.75) is 50.4 Å². The van der Waals surface area contributed by atoms with Crippen LogP contribution in [-0.2, 0) is 4.79 Å². The molecule has 3 aliphatic rings. The second kappa shape index (κ2) is 10.6. The molecule has 0 radical (unpaired) electrons. The molecule has 8 heteroatoms. The molecule has 3 fully saturated rings. The van der Waals surface area contributed by atoms with Crippen LogP contribution in [0.1, 0.15) is 54.1 Å². The molecule has 0 aromatic heterocycles. The highest BCUT2D eigenvalue weighted by Crippen LogP contribution is 2.34. The SMILES string of the molecule is O=C(NC(CN1CCCC1)C(O)c1ccc(OC2CC2)c(Cl)c1)C(=O)c1ccc(N2CCC2)cc1. The van der Waals surface area contributed by atoms with Crippen LogP contribution in [0.5, 0.6) is 5.75 Å². The van der Waals surface area contributed by atoms with Crippen molar-refractivity contribution in [2.75, 3.05) is 37.6 Å². The van der Waals surface area contributed by atoms with E-state index in [9.17, 15) is 14.7 Å². The van der Waals surface area contributed by atoms with Gasteiger partial charge >= 0.3 is 0 Å². The number of ether oxygens (including phenoxy) is 1. The Bertz CT molecular complexity index is 1060. The molecule has 2 unspecified atom stereocenters. The highest BCUT2D eigenvalue weighted by atomic mass is 35.5. The van der Waals surface area contributed by atoms with E-state index < -0.39 is 23.8 Å². The van der Waals surface area contributed by atoms with Gasteiger partial charge in [-0.2, -0.15) is 0 Å². The highest BCUT2D eigenvalue weighted by Gasteiger charge is 2.30. The lowest BCUT2D eigenvalue weighted by atomic mass is 10.0. The normalized spacial score (nSPS) is 19.7. The third-order valence-corrected chi connectivity index (χ3v) is 7.32. The average Bonchev–Trinajstić information content (AvgIpc) is 3.50. The molecular formula is C27H32ClN3O4. The Morgan fingerprint density at radius 3 is 2.34 bits per heavy atom. The van der Waals surface area contributed by atoms with Gasteiger partial charge in [0, 0.05) is 30.9 Å². The quantitative estimate of drug-likeness (QED) is 0.385. The summed E-state index contributed by atoms with van der Waals surface area (Å²) in [4.78, 5) is 30.3. The first-order valence-electron chi connectivity index (χ1n) is 12.5. The van der Waals surface area contributed by atoms with Crippen molar-refractivity contribution >= 4 is 29.0 Å².